The van der Waals surface area contributed by atoms with Crippen molar-refractivity contribution in [1.29, 1.82) is 0 Å². The average molecular weight is 595 g/mol. The number of Topliss-reactive ketones (excluding diaryl/α,β-unsaturated/α-hetero) is 1. The van der Waals surface area contributed by atoms with Crippen LogP contribution in [0.2, 0.25) is 0 Å². The fourth-order valence-corrected chi connectivity index (χ4v) is 3.30. The molecule has 0 radical (unpaired) electrons. The molecule has 31 heavy (non-hydrogen) atoms. The van der Waals surface area contributed by atoms with Crippen molar-refractivity contribution in [1.82, 2.24) is 0 Å². The van der Waals surface area contributed by atoms with Gasteiger partial charge in [0.25, 0.3) is 0 Å². The molecule has 0 fully saturated rings. The molecule has 6 heteroatoms. The van der Waals surface area contributed by atoms with E-state index in [1.165, 1.54) is 0 Å². The fourth-order valence-electron chi connectivity index (χ4n) is 3.30. The maximum atomic E-state index is 13.0. The molecule has 172 valence electrons. The van der Waals surface area contributed by atoms with Crippen molar-refractivity contribution in [3.8, 4) is 0 Å². The molecule has 2 aromatic carbocycles. The molecule has 0 aliphatic heterocycles. The second-order valence-corrected chi connectivity index (χ2v) is 8.06. The van der Waals surface area contributed by atoms with E-state index in [9.17, 15) is 4.79 Å². The summed E-state index contributed by atoms with van der Waals surface area (Å²) in [7, 11) is 0. The van der Waals surface area contributed by atoms with Gasteiger partial charge < -0.3 is 34.0 Å². The summed E-state index contributed by atoms with van der Waals surface area (Å²) in [5, 5.41) is 0. The molecule has 0 amide bonds. The van der Waals surface area contributed by atoms with E-state index in [-0.39, 0.29) is 56.2 Å². The molecule has 0 saturated carbocycles. The SMILES string of the molecule is CC(=Nc1c(C)cccc1C(C)C)C(=O)C(C)=Nc1c(C)cccc1C(C)C.[Br-].[Br-].[Ni+2]. The molecule has 0 N–H and O–H groups in total. The van der Waals surface area contributed by atoms with Crippen molar-refractivity contribution < 1.29 is 55.2 Å². The van der Waals surface area contributed by atoms with Gasteiger partial charge >= 0.3 is 16.5 Å². The van der Waals surface area contributed by atoms with Gasteiger partial charge in [-0.2, -0.15) is 0 Å². The molecule has 0 aliphatic carbocycles. The largest absolute Gasteiger partial charge is 2.00 e. The standard InChI is InChI=1S/C25H32N2O.2BrH.Ni/c1-15(2)21-13-9-11-17(5)23(21)26-19(7)25(28)20(8)27-24-18(6)12-10-14-22(24)16(3)4;;;/h9-16H,1-8H3;2*1H;/q;;;+2/p-2. The summed E-state index contributed by atoms with van der Waals surface area (Å²) in [4.78, 5) is 22.4. The molecule has 0 unspecified atom stereocenters. The van der Waals surface area contributed by atoms with Gasteiger partial charge in [-0.15, -0.1) is 0 Å². The molecule has 0 saturated heterocycles. The predicted octanol–water partition coefficient (Wildman–Crippen LogP) is 1.01. The first-order valence-corrected chi connectivity index (χ1v) is 9.97. The van der Waals surface area contributed by atoms with Crippen LogP contribution in [0.4, 0.5) is 11.4 Å². The molecule has 0 atom stereocenters. The molecule has 0 spiro atoms. The van der Waals surface area contributed by atoms with Gasteiger partial charge in [-0.3, -0.25) is 4.79 Å². The second-order valence-electron chi connectivity index (χ2n) is 8.06. The summed E-state index contributed by atoms with van der Waals surface area (Å²) >= 11 is 0. The summed E-state index contributed by atoms with van der Waals surface area (Å²) in [5.41, 5.74) is 7.20. The zero-order valence-corrected chi connectivity index (χ0v) is 23.7. The van der Waals surface area contributed by atoms with Crippen LogP contribution < -0.4 is 34.0 Å². The maximum absolute atomic E-state index is 13.0. The number of ketones is 1. The minimum atomic E-state index is -0.115. The molecule has 2 rings (SSSR count). The molecule has 2 aromatic rings. The van der Waals surface area contributed by atoms with Crippen LogP contribution in [0.5, 0.6) is 0 Å². The van der Waals surface area contributed by atoms with Crippen LogP contribution in [0.1, 0.15) is 75.6 Å². The first-order chi connectivity index (χ1) is 13.1. The minimum absolute atomic E-state index is 0. The number of hydrogen-bond donors (Lipinski definition) is 0. The van der Waals surface area contributed by atoms with Gasteiger partial charge in [0.1, 0.15) is 0 Å². The number of halogens is 2. The number of aliphatic imine (C=N–C) groups is 2. The first-order valence-electron chi connectivity index (χ1n) is 9.97. The van der Waals surface area contributed by atoms with Gasteiger partial charge in [0.05, 0.1) is 22.8 Å². The topological polar surface area (TPSA) is 41.8 Å². The van der Waals surface area contributed by atoms with Crippen LogP contribution in [0.3, 0.4) is 0 Å². The number of carbonyl (C=O) groups is 1. The van der Waals surface area contributed by atoms with Gasteiger partial charge in [0, 0.05) is 0 Å². The van der Waals surface area contributed by atoms with E-state index in [0.717, 1.165) is 33.6 Å². The number of benzene rings is 2. The third-order valence-electron chi connectivity index (χ3n) is 5.00. The Morgan fingerprint density at radius 2 is 1.03 bits per heavy atom. The normalized spacial score (nSPS) is 11.5. The third-order valence-corrected chi connectivity index (χ3v) is 5.00. The van der Waals surface area contributed by atoms with Crippen molar-refractivity contribution in [3.63, 3.8) is 0 Å². The molecule has 0 aromatic heterocycles. The number of hydrogen-bond acceptors (Lipinski definition) is 3. The Bertz CT molecular complexity index is 875. The summed E-state index contributed by atoms with van der Waals surface area (Å²) in [6.45, 7) is 16.2. The van der Waals surface area contributed by atoms with E-state index >= 15 is 0 Å². The van der Waals surface area contributed by atoms with Gasteiger partial charge in [0.2, 0.25) is 5.78 Å². The fraction of sp³-hybridized carbons (Fsp3) is 0.400. The van der Waals surface area contributed by atoms with E-state index in [1.54, 1.807) is 13.8 Å². The zero-order valence-electron chi connectivity index (χ0n) is 19.5. The summed E-state index contributed by atoms with van der Waals surface area (Å²) < 4.78 is 0. The molecule has 0 bridgehead atoms. The molecule has 0 heterocycles. The Labute approximate surface area is 218 Å². The maximum Gasteiger partial charge on any atom is 2.00 e. The van der Waals surface area contributed by atoms with Crippen LogP contribution in [0, 0.1) is 13.8 Å². The monoisotopic (exact) mass is 592 g/mol. The first kappa shape index (κ1) is 32.1. The Balaban J connectivity index is 0. The number of para-hydroxylation sites is 2. The summed E-state index contributed by atoms with van der Waals surface area (Å²) in [6, 6.07) is 12.3. The number of rotatable bonds is 6. The van der Waals surface area contributed by atoms with E-state index in [1.807, 2.05) is 38.1 Å². The third kappa shape index (κ3) is 8.07. The quantitative estimate of drug-likeness (QED) is 0.364. The van der Waals surface area contributed by atoms with Crippen molar-refractivity contribution in [2.24, 2.45) is 9.98 Å². The molecule has 0 aliphatic rings. The van der Waals surface area contributed by atoms with Crippen LogP contribution in [-0.4, -0.2) is 17.2 Å². The van der Waals surface area contributed by atoms with Crippen LogP contribution in [0.25, 0.3) is 0 Å². The van der Waals surface area contributed by atoms with Gasteiger partial charge in [-0.25, -0.2) is 9.98 Å². The van der Waals surface area contributed by atoms with E-state index in [0.29, 0.717) is 23.3 Å². The van der Waals surface area contributed by atoms with E-state index in [4.69, 9.17) is 9.98 Å². The van der Waals surface area contributed by atoms with E-state index < -0.39 is 0 Å². The van der Waals surface area contributed by atoms with Crippen LogP contribution >= 0.6 is 0 Å². The predicted molar refractivity (Wildman–Crippen MR) is 121 cm³/mol. The summed E-state index contributed by atoms with van der Waals surface area (Å²) in [5.74, 6) is 0.574. The average Bonchev–Trinajstić information content (AvgIpc) is 2.63. The number of carbonyl (C=O) groups excluding carboxylic acids is 1. The zero-order chi connectivity index (χ0) is 21.0. The smallest absolute Gasteiger partial charge is 1.00 e. The Kier molecular flexibility index (Phi) is 14.6. The Morgan fingerprint density at radius 1 is 0.710 bits per heavy atom. The molecular weight excluding hydrogens is 563 g/mol. The minimum Gasteiger partial charge on any atom is -1.00 e. The second kappa shape index (κ2) is 14.1. The van der Waals surface area contributed by atoms with Gasteiger partial charge in [-0.05, 0) is 61.8 Å². The number of nitrogens with zero attached hydrogens (tertiary/aromatic N) is 2. The molecule has 3 nitrogen and oxygen atoms in total. The Hall–Kier alpha value is -1.10. The summed E-state index contributed by atoms with van der Waals surface area (Å²) in [6.07, 6.45) is 0. The van der Waals surface area contributed by atoms with Crippen molar-refractivity contribution >= 4 is 28.6 Å². The van der Waals surface area contributed by atoms with Crippen molar-refractivity contribution in [2.75, 3.05) is 0 Å². The van der Waals surface area contributed by atoms with Gasteiger partial charge in [-0.1, -0.05) is 64.1 Å². The van der Waals surface area contributed by atoms with Gasteiger partial charge in [0.15, 0.2) is 0 Å². The van der Waals surface area contributed by atoms with Crippen LogP contribution in [-0.2, 0) is 21.3 Å². The van der Waals surface area contributed by atoms with Crippen molar-refractivity contribution in [2.45, 2.75) is 67.2 Å². The number of aryl methyl sites for hydroxylation is 2. The van der Waals surface area contributed by atoms with Crippen LogP contribution in [0.15, 0.2) is 46.4 Å². The molecular formula is C25H32Br2N2NiO. The van der Waals surface area contributed by atoms with E-state index in [2.05, 4.69) is 39.8 Å². The van der Waals surface area contributed by atoms with Crippen molar-refractivity contribution in [3.05, 3.63) is 58.7 Å². The Morgan fingerprint density at radius 3 is 1.32 bits per heavy atom.